The van der Waals surface area contributed by atoms with Gasteiger partial charge in [0.15, 0.2) is 16.6 Å². The second-order valence-electron chi connectivity index (χ2n) is 10.2. The molecule has 0 radical (unpaired) electrons. The molecule has 3 heterocycles. The number of rotatable bonds is 14. The van der Waals surface area contributed by atoms with Crippen molar-refractivity contribution < 1.29 is 41.9 Å². The summed E-state index contributed by atoms with van der Waals surface area (Å²) in [5.41, 5.74) is 0.352. The number of fused-ring (bicyclic) bond motifs is 1. The Kier molecular flexibility index (Phi) is 10.5. The molecule has 1 aliphatic rings. The fraction of sp³-hybridized carbons (Fsp3) is 0.357. The molecule has 0 aliphatic carbocycles. The Morgan fingerprint density at radius 1 is 1.18 bits per heavy atom. The number of anilines is 3. The molecule has 0 bridgehead atoms. The number of nitrogens with one attached hydrogen (secondary N) is 2. The molecule has 45 heavy (non-hydrogen) atoms. The number of thiazole rings is 1. The summed E-state index contributed by atoms with van der Waals surface area (Å²) in [6.07, 6.45) is 5.23. The first-order valence-electron chi connectivity index (χ1n) is 13.9. The fourth-order valence-electron chi connectivity index (χ4n) is 4.94. The molecule has 1 fully saturated rings. The quantitative estimate of drug-likeness (QED) is 0.109. The number of hydrogen-bond acceptors (Lipinski definition) is 11. The molecule has 2 aromatic heterocycles. The SMILES string of the molecule is COc1cc2c(Nc3ncc(CC(=O)Nc4cc(F)ccc4F)s3)ncnc2cc1OCCCN1CCC[C@H]1COP(=O)(O)O. The first-order valence-corrected chi connectivity index (χ1v) is 16.3. The average Bonchev–Trinajstić information content (AvgIpc) is 3.64. The predicted molar refractivity (Wildman–Crippen MR) is 163 cm³/mol. The van der Waals surface area contributed by atoms with Crippen LogP contribution in [0.1, 0.15) is 24.1 Å². The molecule has 1 amide bonds. The predicted octanol–water partition coefficient (Wildman–Crippen LogP) is 4.64. The van der Waals surface area contributed by atoms with Crippen molar-refractivity contribution in [2.24, 2.45) is 0 Å². The van der Waals surface area contributed by atoms with Gasteiger partial charge >= 0.3 is 7.82 Å². The number of methoxy groups -OCH3 is 1. The summed E-state index contributed by atoms with van der Waals surface area (Å²) in [7, 11) is -2.98. The smallest absolute Gasteiger partial charge is 0.469 e. The van der Waals surface area contributed by atoms with Gasteiger partial charge in [-0.05, 0) is 44.0 Å². The van der Waals surface area contributed by atoms with Gasteiger partial charge in [-0.3, -0.25) is 14.2 Å². The summed E-state index contributed by atoms with van der Waals surface area (Å²) in [5.74, 6) is -0.501. The molecule has 1 saturated heterocycles. The molecule has 2 aromatic carbocycles. The molecule has 5 rings (SSSR count). The van der Waals surface area contributed by atoms with Gasteiger partial charge in [-0.15, -0.1) is 11.3 Å². The third kappa shape index (κ3) is 8.90. The molecule has 13 nitrogen and oxygen atoms in total. The van der Waals surface area contributed by atoms with E-state index in [9.17, 15) is 18.1 Å². The van der Waals surface area contributed by atoms with Gasteiger partial charge in [0.05, 0.1) is 37.9 Å². The number of nitrogens with zero attached hydrogens (tertiary/aromatic N) is 4. The van der Waals surface area contributed by atoms with Gasteiger partial charge in [-0.25, -0.2) is 28.3 Å². The van der Waals surface area contributed by atoms with E-state index in [0.717, 1.165) is 37.6 Å². The van der Waals surface area contributed by atoms with Gasteiger partial charge < -0.3 is 29.9 Å². The number of amides is 1. The van der Waals surface area contributed by atoms with Gasteiger partial charge in [-0.2, -0.15) is 0 Å². The zero-order chi connectivity index (χ0) is 32.0. The van der Waals surface area contributed by atoms with Crippen LogP contribution in [0.4, 0.5) is 25.4 Å². The van der Waals surface area contributed by atoms with Crippen LogP contribution in [0.15, 0.2) is 42.9 Å². The number of halogens is 2. The van der Waals surface area contributed by atoms with Crippen LogP contribution >= 0.6 is 19.2 Å². The number of aromatic nitrogens is 3. The number of ether oxygens (including phenoxy) is 2. The number of carbonyl (C=O) groups is 1. The van der Waals surface area contributed by atoms with E-state index >= 15 is 0 Å². The van der Waals surface area contributed by atoms with Gasteiger partial charge in [0.25, 0.3) is 0 Å². The van der Waals surface area contributed by atoms with Gasteiger partial charge in [-0.1, -0.05) is 0 Å². The van der Waals surface area contributed by atoms with E-state index in [2.05, 4.69) is 30.5 Å². The lowest BCUT2D eigenvalue weighted by Crippen LogP contribution is -2.34. The number of phosphoric ester groups is 1. The normalized spacial score (nSPS) is 15.4. The van der Waals surface area contributed by atoms with Gasteiger partial charge in [0, 0.05) is 41.2 Å². The van der Waals surface area contributed by atoms with Crippen molar-refractivity contribution in [1.29, 1.82) is 0 Å². The number of carbonyl (C=O) groups excluding carboxylic acids is 1. The molecule has 0 unspecified atom stereocenters. The second kappa shape index (κ2) is 14.5. The van der Waals surface area contributed by atoms with E-state index in [1.165, 1.54) is 31.0 Å². The highest BCUT2D eigenvalue weighted by Crippen LogP contribution is 2.37. The second-order valence-corrected chi connectivity index (χ2v) is 12.5. The van der Waals surface area contributed by atoms with Crippen molar-refractivity contribution in [2.45, 2.75) is 31.7 Å². The molecule has 1 aliphatic heterocycles. The summed E-state index contributed by atoms with van der Waals surface area (Å²) in [5, 5.41) is 6.61. The lowest BCUT2D eigenvalue weighted by Gasteiger charge is -2.24. The van der Waals surface area contributed by atoms with Crippen molar-refractivity contribution in [3.63, 3.8) is 0 Å². The summed E-state index contributed by atoms with van der Waals surface area (Å²) < 4.78 is 54.6. The Morgan fingerprint density at radius 3 is 2.82 bits per heavy atom. The average molecular weight is 665 g/mol. The van der Waals surface area contributed by atoms with Crippen LogP contribution in [-0.4, -0.2) is 75.0 Å². The summed E-state index contributed by atoms with van der Waals surface area (Å²) in [4.78, 5) is 46.1. The Balaban J connectivity index is 1.18. The zero-order valence-electron chi connectivity index (χ0n) is 24.1. The highest BCUT2D eigenvalue weighted by molar-refractivity contribution is 7.46. The van der Waals surface area contributed by atoms with Crippen LogP contribution in [0.3, 0.4) is 0 Å². The number of hydrogen-bond donors (Lipinski definition) is 4. The van der Waals surface area contributed by atoms with Crippen LogP contribution in [0.5, 0.6) is 11.5 Å². The summed E-state index contributed by atoms with van der Waals surface area (Å²) >= 11 is 1.21. The lowest BCUT2D eigenvalue weighted by atomic mass is 10.2. The van der Waals surface area contributed by atoms with Crippen molar-refractivity contribution in [3.8, 4) is 11.5 Å². The highest BCUT2D eigenvalue weighted by atomic mass is 32.1. The maximum absolute atomic E-state index is 13.9. The van der Waals surface area contributed by atoms with Gasteiger partial charge in [0.2, 0.25) is 5.91 Å². The van der Waals surface area contributed by atoms with Crippen molar-refractivity contribution >= 4 is 52.6 Å². The first-order chi connectivity index (χ1) is 21.6. The van der Waals surface area contributed by atoms with E-state index in [-0.39, 0.29) is 24.8 Å². The minimum atomic E-state index is -4.51. The molecule has 4 N–H and O–H groups in total. The van der Waals surface area contributed by atoms with Crippen LogP contribution in [0, 0.1) is 11.6 Å². The van der Waals surface area contributed by atoms with E-state index in [4.69, 9.17) is 23.8 Å². The van der Waals surface area contributed by atoms with E-state index < -0.39 is 25.4 Å². The van der Waals surface area contributed by atoms with Crippen molar-refractivity contribution in [1.82, 2.24) is 19.9 Å². The molecule has 1 atom stereocenters. The molecular weight excluding hydrogens is 633 g/mol. The zero-order valence-corrected chi connectivity index (χ0v) is 25.8. The standard InChI is InChI=1S/C28H31F2N6O7PS/c1-41-24-12-20-22(13-25(24)42-9-3-8-36-7-2-4-18(36)15-43-44(38,39)40)32-16-33-27(20)35-28-31-14-19(45-28)11-26(37)34-23-10-17(29)5-6-21(23)30/h5-6,10,12-14,16,18H,2-4,7-9,11,15H2,1H3,(H,34,37)(H2,38,39,40)(H,31,32,33,35)/t18-/m0/s1. The van der Waals surface area contributed by atoms with Crippen LogP contribution in [0.25, 0.3) is 10.9 Å². The molecule has 0 spiro atoms. The molecule has 240 valence electrons. The highest BCUT2D eigenvalue weighted by Gasteiger charge is 2.27. The van der Waals surface area contributed by atoms with E-state index in [0.29, 0.717) is 57.8 Å². The number of phosphoric acid groups is 1. The summed E-state index contributed by atoms with van der Waals surface area (Å²) in [6, 6.07) is 6.27. The molecule has 17 heteroatoms. The molecular formula is C28H31F2N6O7PS. The number of likely N-dealkylation sites (tertiary alicyclic amines) is 1. The lowest BCUT2D eigenvalue weighted by molar-refractivity contribution is -0.115. The Hall–Kier alpha value is -3.79. The van der Waals surface area contributed by atoms with E-state index in [1.807, 2.05) is 0 Å². The Morgan fingerprint density at radius 2 is 2.02 bits per heavy atom. The van der Waals surface area contributed by atoms with Crippen LogP contribution < -0.4 is 20.1 Å². The minimum Gasteiger partial charge on any atom is -0.493 e. The van der Waals surface area contributed by atoms with Crippen LogP contribution in [-0.2, 0) is 20.3 Å². The fourth-order valence-corrected chi connectivity index (χ4v) is 6.12. The monoisotopic (exact) mass is 664 g/mol. The minimum absolute atomic E-state index is 0.0187. The molecule has 4 aromatic rings. The third-order valence-corrected chi connectivity index (χ3v) is 8.42. The topological polar surface area (TPSA) is 168 Å². The maximum atomic E-state index is 13.9. The Bertz CT molecular complexity index is 1710. The number of benzene rings is 2. The summed E-state index contributed by atoms with van der Waals surface area (Å²) in [6.45, 7) is 1.86. The van der Waals surface area contributed by atoms with Crippen molar-refractivity contribution in [2.75, 3.05) is 44.0 Å². The van der Waals surface area contributed by atoms with Crippen molar-refractivity contribution in [3.05, 3.63) is 59.4 Å². The van der Waals surface area contributed by atoms with Crippen LogP contribution in [0.2, 0.25) is 0 Å². The first kappa shape index (κ1) is 32.6. The molecule has 0 saturated carbocycles. The largest absolute Gasteiger partial charge is 0.493 e. The van der Waals surface area contributed by atoms with E-state index in [1.54, 1.807) is 12.1 Å². The van der Waals surface area contributed by atoms with Gasteiger partial charge in [0.1, 0.15) is 23.8 Å². The Labute approximate surface area is 260 Å². The third-order valence-electron chi connectivity index (χ3n) is 7.02. The maximum Gasteiger partial charge on any atom is 0.469 e.